The van der Waals surface area contributed by atoms with Crippen molar-refractivity contribution >= 4 is 15.9 Å². The van der Waals surface area contributed by atoms with Gasteiger partial charge in [0.25, 0.3) is 0 Å². The minimum Gasteiger partial charge on any atom is -0.491 e. The van der Waals surface area contributed by atoms with Gasteiger partial charge in [-0.2, -0.15) is 0 Å². The van der Waals surface area contributed by atoms with Crippen LogP contribution in [0.4, 0.5) is 0 Å². The van der Waals surface area contributed by atoms with Crippen molar-refractivity contribution in [1.82, 2.24) is 5.32 Å². The second-order valence-corrected chi connectivity index (χ2v) is 4.39. The molecular weight excluding hydrogens is 282 g/mol. The highest BCUT2D eigenvalue weighted by atomic mass is 79.9. The zero-order chi connectivity index (χ0) is 11.9. The molecule has 17 heavy (non-hydrogen) atoms. The number of ether oxygens (including phenoxy) is 1. The lowest BCUT2D eigenvalue weighted by Gasteiger charge is -2.08. The second-order valence-electron chi connectivity index (χ2n) is 3.54. The summed E-state index contributed by atoms with van der Waals surface area (Å²) in [5, 5.41) is 3.24. The van der Waals surface area contributed by atoms with Crippen LogP contribution in [0.3, 0.4) is 0 Å². The van der Waals surface area contributed by atoms with Crippen LogP contribution in [-0.4, -0.2) is 13.2 Å². The molecule has 0 amide bonds. The van der Waals surface area contributed by atoms with Crippen LogP contribution in [0.2, 0.25) is 0 Å². The zero-order valence-corrected chi connectivity index (χ0v) is 10.9. The van der Waals surface area contributed by atoms with Gasteiger partial charge in [-0.05, 0) is 40.2 Å². The van der Waals surface area contributed by atoms with Crippen molar-refractivity contribution in [3.63, 3.8) is 0 Å². The molecule has 0 saturated carbocycles. The number of furan rings is 1. The van der Waals surface area contributed by atoms with E-state index < -0.39 is 0 Å². The van der Waals surface area contributed by atoms with Crippen LogP contribution in [-0.2, 0) is 6.54 Å². The first-order valence-corrected chi connectivity index (χ1v) is 6.26. The monoisotopic (exact) mass is 295 g/mol. The van der Waals surface area contributed by atoms with E-state index in [1.807, 2.05) is 36.4 Å². The van der Waals surface area contributed by atoms with Gasteiger partial charge in [-0.1, -0.05) is 12.1 Å². The highest BCUT2D eigenvalue weighted by molar-refractivity contribution is 9.10. The van der Waals surface area contributed by atoms with Crippen molar-refractivity contribution in [2.75, 3.05) is 13.2 Å². The Hall–Kier alpha value is -1.26. The second kappa shape index (κ2) is 6.47. The molecule has 0 saturated heterocycles. The molecule has 1 aromatic carbocycles. The van der Waals surface area contributed by atoms with Crippen molar-refractivity contribution in [1.29, 1.82) is 0 Å². The van der Waals surface area contributed by atoms with Gasteiger partial charge in [0.15, 0.2) is 0 Å². The highest BCUT2D eigenvalue weighted by Gasteiger charge is 1.99. The quantitative estimate of drug-likeness (QED) is 0.831. The Kier molecular flexibility index (Phi) is 4.64. The molecule has 90 valence electrons. The number of hydrogen-bond acceptors (Lipinski definition) is 3. The molecule has 1 N–H and O–H groups in total. The maximum Gasteiger partial charge on any atom is 0.133 e. The van der Waals surface area contributed by atoms with Crippen molar-refractivity contribution < 1.29 is 9.15 Å². The van der Waals surface area contributed by atoms with Crippen molar-refractivity contribution in [3.8, 4) is 5.75 Å². The van der Waals surface area contributed by atoms with E-state index in [1.54, 1.807) is 6.26 Å². The van der Waals surface area contributed by atoms with Gasteiger partial charge in [0.2, 0.25) is 0 Å². The predicted octanol–water partition coefficient (Wildman–Crippen LogP) is 3.21. The lowest BCUT2D eigenvalue weighted by molar-refractivity contribution is 0.309. The first-order chi connectivity index (χ1) is 8.36. The Morgan fingerprint density at radius 3 is 2.82 bits per heavy atom. The molecule has 1 aromatic heterocycles. The maximum atomic E-state index is 5.62. The van der Waals surface area contributed by atoms with Gasteiger partial charge in [0.05, 0.1) is 17.3 Å². The van der Waals surface area contributed by atoms with Gasteiger partial charge < -0.3 is 14.5 Å². The third-order valence-corrected chi connectivity index (χ3v) is 2.91. The minimum absolute atomic E-state index is 0.628. The van der Waals surface area contributed by atoms with Gasteiger partial charge in [0, 0.05) is 6.54 Å². The van der Waals surface area contributed by atoms with Gasteiger partial charge in [0.1, 0.15) is 18.1 Å². The number of nitrogens with one attached hydrogen (secondary N) is 1. The summed E-state index contributed by atoms with van der Waals surface area (Å²) in [5.41, 5.74) is 0. The molecule has 0 fully saturated rings. The summed E-state index contributed by atoms with van der Waals surface area (Å²) in [6, 6.07) is 11.7. The number of benzene rings is 1. The Balaban J connectivity index is 1.65. The molecule has 0 atom stereocenters. The third-order valence-electron chi connectivity index (χ3n) is 2.25. The largest absolute Gasteiger partial charge is 0.491 e. The van der Waals surface area contributed by atoms with E-state index in [0.29, 0.717) is 6.61 Å². The summed E-state index contributed by atoms with van der Waals surface area (Å²) < 4.78 is 11.8. The molecule has 3 nitrogen and oxygen atoms in total. The number of hydrogen-bond donors (Lipinski definition) is 1. The van der Waals surface area contributed by atoms with E-state index >= 15 is 0 Å². The molecule has 0 aliphatic rings. The van der Waals surface area contributed by atoms with Gasteiger partial charge in [-0.15, -0.1) is 0 Å². The van der Waals surface area contributed by atoms with Crippen LogP contribution < -0.4 is 10.1 Å². The molecule has 0 aliphatic heterocycles. The summed E-state index contributed by atoms with van der Waals surface area (Å²) in [6.07, 6.45) is 1.68. The molecule has 0 bridgehead atoms. The summed E-state index contributed by atoms with van der Waals surface area (Å²) in [5.74, 6) is 1.80. The zero-order valence-electron chi connectivity index (χ0n) is 9.36. The molecule has 0 aliphatic carbocycles. The number of rotatable bonds is 6. The minimum atomic E-state index is 0.628. The van der Waals surface area contributed by atoms with Crippen LogP contribution in [0.15, 0.2) is 51.6 Å². The first-order valence-electron chi connectivity index (χ1n) is 5.46. The van der Waals surface area contributed by atoms with Crippen LogP contribution in [0.1, 0.15) is 5.76 Å². The number of para-hydroxylation sites is 1. The smallest absolute Gasteiger partial charge is 0.133 e. The van der Waals surface area contributed by atoms with E-state index in [0.717, 1.165) is 29.1 Å². The maximum absolute atomic E-state index is 5.62. The molecule has 0 unspecified atom stereocenters. The molecular formula is C13H14BrNO2. The Morgan fingerprint density at radius 1 is 1.18 bits per heavy atom. The average molecular weight is 296 g/mol. The normalized spacial score (nSPS) is 10.4. The van der Waals surface area contributed by atoms with E-state index in [2.05, 4.69) is 21.2 Å². The standard InChI is InChI=1S/C13H14BrNO2/c14-12-5-1-2-6-13(12)17-9-7-15-10-11-4-3-8-16-11/h1-6,8,15H,7,9-10H2. The molecule has 4 heteroatoms. The summed E-state index contributed by atoms with van der Waals surface area (Å²) >= 11 is 3.44. The van der Waals surface area contributed by atoms with E-state index in [4.69, 9.17) is 9.15 Å². The SMILES string of the molecule is Brc1ccccc1OCCNCc1ccco1. The van der Waals surface area contributed by atoms with Crippen LogP contribution in [0, 0.1) is 0 Å². The molecule has 2 aromatic rings. The topological polar surface area (TPSA) is 34.4 Å². The summed E-state index contributed by atoms with van der Waals surface area (Å²) in [6.45, 7) is 2.14. The Labute approximate surface area is 109 Å². The average Bonchev–Trinajstić information content (AvgIpc) is 2.84. The molecule has 2 rings (SSSR count). The fraction of sp³-hybridized carbons (Fsp3) is 0.231. The van der Waals surface area contributed by atoms with Crippen LogP contribution in [0.5, 0.6) is 5.75 Å². The Bertz CT molecular complexity index is 442. The van der Waals surface area contributed by atoms with Gasteiger partial charge >= 0.3 is 0 Å². The van der Waals surface area contributed by atoms with Crippen LogP contribution >= 0.6 is 15.9 Å². The van der Waals surface area contributed by atoms with E-state index in [9.17, 15) is 0 Å². The van der Waals surface area contributed by atoms with E-state index in [1.165, 1.54) is 0 Å². The highest BCUT2D eigenvalue weighted by Crippen LogP contribution is 2.23. The lowest BCUT2D eigenvalue weighted by atomic mass is 10.3. The van der Waals surface area contributed by atoms with Crippen molar-refractivity contribution in [2.45, 2.75) is 6.54 Å². The fourth-order valence-corrected chi connectivity index (χ4v) is 1.82. The van der Waals surface area contributed by atoms with Gasteiger partial charge in [-0.3, -0.25) is 0 Å². The molecule has 1 heterocycles. The molecule has 0 radical (unpaired) electrons. The van der Waals surface area contributed by atoms with E-state index in [-0.39, 0.29) is 0 Å². The molecule has 0 spiro atoms. The lowest BCUT2D eigenvalue weighted by Crippen LogP contribution is -2.20. The van der Waals surface area contributed by atoms with Crippen molar-refractivity contribution in [2.24, 2.45) is 0 Å². The van der Waals surface area contributed by atoms with Gasteiger partial charge in [-0.25, -0.2) is 0 Å². The summed E-state index contributed by atoms with van der Waals surface area (Å²) in [4.78, 5) is 0. The summed E-state index contributed by atoms with van der Waals surface area (Å²) in [7, 11) is 0. The van der Waals surface area contributed by atoms with Crippen LogP contribution in [0.25, 0.3) is 0 Å². The first kappa shape index (κ1) is 12.2. The third kappa shape index (κ3) is 3.91. The predicted molar refractivity (Wildman–Crippen MR) is 70.1 cm³/mol. The fourth-order valence-electron chi connectivity index (χ4n) is 1.42. The Morgan fingerprint density at radius 2 is 2.06 bits per heavy atom. The van der Waals surface area contributed by atoms with Crippen molar-refractivity contribution in [3.05, 3.63) is 52.9 Å². The number of halogens is 1.